The first kappa shape index (κ1) is 26.9. The van der Waals surface area contributed by atoms with Crippen LogP contribution < -0.4 is 19.5 Å². The molecule has 1 fully saturated rings. The van der Waals surface area contributed by atoms with Crippen molar-refractivity contribution in [2.24, 2.45) is 0 Å². The summed E-state index contributed by atoms with van der Waals surface area (Å²) in [4.78, 5) is 14.5. The second kappa shape index (κ2) is 12.4. The first-order valence-electron chi connectivity index (χ1n) is 11.8. The molecule has 37 heavy (non-hydrogen) atoms. The number of thiocarbonyl (C=S) groups is 1. The number of hydrogen-bond donors (Lipinski definition) is 1. The van der Waals surface area contributed by atoms with E-state index in [1.807, 2.05) is 32.0 Å². The van der Waals surface area contributed by atoms with Crippen LogP contribution in [0.15, 0.2) is 58.6 Å². The molecule has 0 unspecified atom stereocenters. The van der Waals surface area contributed by atoms with Gasteiger partial charge in [-0.25, -0.2) is 0 Å². The first-order valence-corrected chi connectivity index (χ1v) is 12.9. The van der Waals surface area contributed by atoms with E-state index in [0.717, 1.165) is 5.56 Å². The topological polar surface area (TPSA) is 73.2 Å². The van der Waals surface area contributed by atoms with Crippen LogP contribution in [0.5, 0.6) is 17.2 Å². The van der Waals surface area contributed by atoms with E-state index in [1.165, 1.54) is 4.90 Å². The molecule has 7 nitrogen and oxygen atoms in total. The molecule has 1 saturated heterocycles. The number of carbonyl (C=O) groups excluding carboxylic acids is 1. The second-order valence-electron chi connectivity index (χ2n) is 8.01. The number of furan rings is 1. The number of hydrogen-bond acceptors (Lipinski definition) is 6. The lowest BCUT2D eigenvalue weighted by Crippen LogP contribution is -2.32. The SMILES string of the molecule is CCOc1ccc(CCN2C(=O)/C(=C\c3ccc(COc4cc(Cl)ccc4Cl)o3)NC2=S)cc1OCC. The number of halogens is 2. The number of ether oxygens (including phenoxy) is 3. The zero-order valence-corrected chi connectivity index (χ0v) is 22.7. The molecule has 0 spiro atoms. The number of rotatable bonds is 11. The summed E-state index contributed by atoms with van der Waals surface area (Å²) in [5, 5.41) is 4.30. The lowest BCUT2D eigenvalue weighted by molar-refractivity contribution is -0.122. The maximum Gasteiger partial charge on any atom is 0.276 e. The fraction of sp³-hybridized carbons (Fsp3) is 0.259. The standard InChI is InChI=1S/C27H26Cl2N2O5S/c1-3-33-23-10-5-17(13-25(23)34-4-2)11-12-31-26(32)22(30-27(31)37)15-19-7-8-20(36-19)16-35-24-14-18(28)6-9-21(24)29/h5-10,13-15H,3-4,11-12,16H2,1-2H3,(H,30,37)/b22-15+. The molecule has 3 aromatic rings. The Morgan fingerprint density at radius 3 is 2.54 bits per heavy atom. The summed E-state index contributed by atoms with van der Waals surface area (Å²) in [6.45, 7) is 5.51. The summed E-state index contributed by atoms with van der Waals surface area (Å²) in [5.41, 5.74) is 1.35. The van der Waals surface area contributed by atoms with Crippen molar-refractivity contribution in [2.45, 2.75) is 26.9 Å². The predicted octanol–water partition coefficient (Wildman–Crippen LogP) is 6.26. The van der Waals surface area contributed by atoms with Crippen LogP contribution in [-0.4, -0.2) is 35.7 Å². The first-order chi connectivity index (χ1) is 17.9. The van der Waals surface area contributed by atoms with Crippen molar-refractivity contribution in [3.05, 3.63) is 81.4 Å². The molecular formula is C27H26Cl2N2O5S. The van der Waals surface area contributed by atoms with E-state index in [9.17, 15) is 4.79 Å². The Bertz CT molecular complexity index is 1320. The van der Waals surface area contributed by atoms with Crippen LogP contribution in [0.25, 0.3) is 6.08 Å². The normalized spacial score (nSPS) is 14.3. The third-order valence-corrected chi connectivity index (χ3v) is 6.30. The van der Waals surface area contributed by atoms with Gasteiger partial charge in [-0.15, -0.1) is 0 Å². The van der Waals surface area contributed by atoms with E-state index in [0.29, 0.717) is 75.8 Å². The fourth-order valence-electron chi connectivity index (χ4n) is 3.70. The van der Waals surface area contributed by atoms with Crippen molar-refractivity contribution >= 4 is 52.5 Å². The molecule has 194 valence electrons. The Balaban J connectivity index is 1.37. The van der Waals surface area contributed by atoms with Crippen molar-refractivity contribution in [3.8, 4) is 17.2 Å². The van der Waals surface area contributed by atoms with Crippen LogP contribution in [-0.2, 0) is 17.8 Å². The zero-order chi connectivity index (χ0) is 26.4. The van der Waals surface area contributed by atoms with Gasteiger partial charge in [0.25, 0.3) is 5.91 Å². The molecule has 0 saturated carbocycles. The predicted molar refractivity (Wildman–Crippen MR) is 147 cm³/mol. The summed E-state index contributed by atoms with van der Waals surface area (Å²) in [6.07, 6.45) is 2.22. The molecule has 0 radical (unpaired) electrons. The summed E-state index contributed by atoms with van der Waals surface area (Å²) < 4.78 is 22.8. The van der Waals surface area contributed by atoms with Gasteiger partial charge in [-0.3, -0.25) is 9.69 Å². The lowest BCUT2D eigenvalue weighted by Gasteiger charge is -2.15. The van der Waals surface area contributed by atoms with Crippen molar-refractivity contribution in [1.29, 1.82) is 0 Å². The molecule has 1 aliphatic rings. The quantitative estimate of drug-likeness (QED) is 0.219. The summed E-state index contributed by atoms with van der Waals surface area (Å²) >= 11 is 17.5. The average Bonchev–Trinajstić information content (AvgIpc) is 3.43. The van der Waals surface area contributed by atoms with Crippen LogP contribution in [0.3, 0.4) is 0 Å². The van der Waals surface area contributed by atoms with Crippen molar-refractivity contribution in [3.63, 3.8) is 0 Å². The summed E-state index contributed by atoms with van der Waals surface area (Å²) in [7, 11) is 0. The number of benzene rings is 2. The van der Waals surface area contributed by atoms with Gasteiger partial charge < -0.3 is 23.9 Å². The molecule has 0 aliphatic carbocycles. The number of nitrogens with one attached hydrogen (secondary N) is 1. The van der Waals surface area contributed by atoms with Gasteiger partial charge in [-0.05, 0) is 74.4 Å². The van der Waals surface area contributed by atoms with Crippen LogP contribution >= 0.6 is 35.4 Å². The summed E-state index contributed by atoms with van der Waals surface area (Å²) in [6, 6.07) is 14.3. The molecule has 0 bridgehead atoms. The van der Waals surface area contributed by atoms with E-state index in [2.05, 4.69) is 5.32 Å². The van der Waals surface area contributed by atoms with Gasteiger partial charge >= 0.3 is 0 Å². The second-order valence-corrected chi connectivity index (χ2v) is 9.24. The number of carbonyl (C=O) groups is 1. The highest BCUT2D eigenvalue weighted by atomic mass is 35.5. The number of nitrogens with zero attached hydrogens (tertiary/aromatic N) is 1. The fourth-order valence-corrected chi connectivity index (χ4v) is 4.31. The smallest absolute Gasteiger partial charge is 0.276 e. The van der Waals surface area contributed by atoms with E-state index in [-0.39, 0.29) is 12.5 Å². The van der Waals surface area contributed by atoms with Crippen molar-refractivity contribution in [1.82, 2.24) is 10.2 Å². The molecule has 2 heterocycles. The van der Waals surface area contributed by atoms with Crippen LogP contribution in [0, 0.1) is 0 Å². The van der Waals surface area contributed by atoms with Gasteiger partial charge in [0.1, 0.15) is 29.6 Å². The molecule has 1 aliphatic heterocycles. The minimum absolute atomic E-state index is 0.154. The Kier molecular flexibility index (Phi) is 8.97. The molecule has 10 heteroatoms. The maximum atomic E-state index is 13.0. The third-order valence-electron chi connectivity index (χ3n) is 5.43. The molecule has 1 N–H and O–H groups in total. The molecule has 2 aromatic carbocycles. The van der Waals surface area contributed by atoms with Gasteiger partial charge in [0, 0.05) is 23.7 Å². The highest BCUT2D eigenvalue weighted by Gasteiger charge is 2.30. The van der Waals surface area contributed by atoms with Gasteiger partial charge in [0.05, 0.1) is 18.2 Å². The maximum absolute atomic E-state index is 13.0. The minimum atomic E-state index is -0.221. The molecule has 1 amide bonds. The Labute approximate surface area is 230 Å². The molecule has 1 aromatic heterocycles. The van der Waals surface area contributed by atoms with Gasteiger partial charge in [-0.1, -0.05) is 29.3 Å². The summed E-state index contributed by atoms with van der Waals surface area (Å²) in [5.74, 6) is 2.68. The van der Waals surface area contributed by atoms with Gasteiger partial charge in [-0.2, -0.15) is 0 Å². The van der Waals surface area contributed by atoms with Gasteiger partial charge in [0.15, 0.2) is 16.6 Å². The lowest BCUT2D eigenvalue weighted by atomic mass is 10.1. The highest BCUT2D eigenvalue weighted by molar-refractivity contribution is 7.80. The Morgan fingerprint density at radius 2 is 1.76 bits per heavy atom. The highest BCUT2D eigenvalue weighted by Crippen LogP contribution is 2.30. The largest absolute Gasteiger partial charge is 0.490 e. The van der Waals surface area contributed by atoms with Crippen molar-refractivity contribution < 1.29 is 23.4 Å². The molecule has 4 rings (SSSR count). The Hall–Kier alpha value is -3.20. The number of amides is 1. The van der Waals surface area contributed by atoms with E-state index < -0.39 is 0 Å². The molecular weight excluding hydrogens is 535 g/mol. The zero-order valence-electron chi connectivity index (χ0n) is 20.4. The van der Waals surface area contributed by atoms with Crippen LogP contribution in [0.2, 0.25) is 10.0 Å². The molecule has 0 atom stereocenters. The van der Waals surface area contributed by atoms with Crippen LogP contribution in [0.4, 0.5) is 0 Å². The van der Waals surface area contributed by atoms with Crippen molar-refractivity contribution in [2.75, 3.05) is 19.8 Å². The van der Waals surface area contributed by atoms with E-state index in [1.54, 1.807) is 36.4 Å². The average molecular weight is 561 g/mol. The minimum Gasteiger partial charge on any atom is -0.490 e. The third kappa shape index (κ3) is 6.77. The van der Waals surface area contributed by atoms with Gasteiger partial charge in [0.2, 0.25) is 0 Å². The monoisotopic (exact) mass is 560 g/mol. The van der Waals surface area contributed by atoms with E-state index in [4.69, 9.17) is 54.0 Å². The van der Waals surface area contributed by atoms with Crippen LogP contribution in [0.1, 0.15) is 30.9 Å². The van der Waals surface area contributed by atoms with E-state index >= 15 is 0 Å². The Morgan fingerprint density at radius 1 is 0.973 bits per heavy atom.